The summed E-state index contributed by atoms with van der Waals surface area (Å²) in [4.78, 5) is 0. The molecule has 0 aliphatic rings. The van der Waals surface area contributed by atoms with Crippen LogP contribution in [0.15, 0.2) is 34.9 Å². The van der Waals surface area contributed by atoms with Crippen molar-refractivity contribution < 1.29 is 9.84 Å². The molecule has 0 saturated heterocycles. The van der Waals surface area contributed by atoms with Gasteiger partial charge < -0.3 is 9.84 Å². The molecule has 1 aromatic carbocycles. The quantitative estimate of drug-likeness (QED) is 0.880. The third-order valence-corrected chi connectivity index (χ3v) is 3.78. The SMILES string of the molecule is COCCn1ncc(Br)c1C(O)Cc1cccc(C)c1. The van der Waals surface area contributed by atoms with E-state index < -0.39 is 6.10 Å². The highest BCUT2D eigenvalue weighted by Gasteiger charge is 2.18. The molecule has 0 spiro atoms. The summed E-state index contributed by atoms with van der Waals surface area (Å²) < 4.78 is 7.68. The molecule has 2 aromatic rings. The number of nitrogens with zero attached hydrogens (tertiary/aromatic N) is 2. The van der Waals surface area contributed by atoms with Crippen molar-refractivity contribution in [3.63, 3.8) is 0 Å². The number of rotatable bonds is 6. The lowest BCUT2D eigenvalue weighted by atomic mass is 10.0. The van der Waals surface area contributed by atoms with Gasteiger partial charge in [-0.1, -0.05) is 29.8 Å². The maximum absolute atomic E-state index is 10.5. The zero-order valence-corrected chi connectivity index (χ0v) is 13.3. The lowest BCUT2D eigenvalue weighted by Gasteiger charge is -2.14. The van der Waals surface area contributed by atoms with E-state index >= 15 is 0 Å². The summed E-state index contributed by atoms with van der Waals surface area (Å²) >= 11 is 3.45. The van der Waals surface area contributed by atoms with Crippen molar-refractivity contribution in [2.24, 2.45) is 0 Å². The van der Waals surface area contributed by atoms with Crippen LogP contribution in [0.1, 0.15) is 22.9 Å². The number of benzene rings is 1. The van der Waals surface area contributed by atoms with Gasteiger partial charge in [0.05, 0.1) is 29.5 Å². The first-order chi connectivity index (χ1) is 9.61. The van der Waals surface area contributed by atoms with Crippen LogP contribution in [0.4, 0.5) is 0 Å². The standard InChI is InChI=1S/C15H19BrN2O2/c1-11-4-3-5-12(8-11)9-14(19)15-13(16)10-17-18(15)6-7-20-2/h3-5,8,10,14,19H,6-7,9H2,1-2H3. The summed E-state index contributed by atoms with van der Waals surface area (Å²) in [7, 11) is 1.65. The molecular formula is C15H19BrN2O2. The Labute approximate surface area is 127 Å². The van der Waals surface area contributed by atoms with Crippen LogP contribution in [-0.2, 0) is 17.7 Å². The van der Waals surface area contributed by atoms with Gasteiger partial charge in [0, 0.05) is 13.5 Å². The molecule has 0 amide bonds. The monoisotopic (exact) mass is 338 g/mol. The minimum absolute atomic E-state index is 0.568. The Kier molecular flexibility index (Phi) is 5.34. The molecule has 5 heteroatoms. The van der Waals surface area contributed by atoms with Crippen LogP contribution in [0.2, 0.25) is 0 Å². The largest absolute Gasteiger partial charge is 0.386 e. The number of aromatic nitrogens is 2. The number of aryl methyl sites for hydroxylation is 1. The lowest BCUT2D eigenvalue weighted by Crippen LogP contribution is -2.14. The van der Waals surface area contributed by atoms with Gasteiger partial charge in [0.15, 0.2) is 0 Å². The number of methoxy groups -OCH3 is 1. The third-order valence-electron chi connectivity index (χ3n) is 3.17. The summed E-state index contributed by atoms with van der Waals surface area (Å²) in [6, 6.07) is 8.18. The van der Waals surface area contributed by atoms with Crippen molar-refractivity contribution in [3.8, 4) is 0 Å². The van der Waals surface area contributed by atoms with E-state index in [9.17, 15) is 5.11 Å². The molecule has 4 nitrogen and oxygen atoms in total. The molecule has 0 aliphatic heterocycles. The maximum Gasteiger partial charge on any atom is 0.101 e. The molecule has 0 fully saturated rings. The number of aliphatic hydroxyl groups excluding tert-OH is 1. The molecule has 0 aliphatic carbocycles. The van der Waals surface area contributed by atoms with E-state index in [0.717, 1.165) is 15.7 Å². The molecule has 1 unspecified atom stereocenters. The molecule has 0 bridgehead atoms. The second kappa shape index (κ2) is 7.02. The molecule has 0 saturated carbocycles. The summed E-state index contributed by atoms with van der Waals surface area (Å²) in [6.07, 6.45) is 1.69. The molecular weight excluding hydrogens is 320 g/mol. The zero-order chi connectivity index (χ0) is 14.5. The lowest BCUT2D eigenvalue weighted by molar-refractivity contribution is 0.152. The first kappa shape index (κ1) is 15.2. The minimum atomic E-state index is -0.592. The number of halogens is 1. The van der Waals surface area contributed by atoms with Crippen LogP contribution in [-0.4, -0.2) is 28.6 Å². The Balaban J connectivity index is 2.16. The summed E-state index contributed by atoms with van der Waals surface area (Å²) in [5.74, 6) is 0. The molecule has 2 rings (SSSR count). The fraction of sp³-hybridized carbons (Fsp3) is 0.400. The minimum Gasteiger partial charge on any atom is -0.386 e. The van der Waals surface area contributed by atoms with Crippen molar-refractivity contribution in [3.05, 3.63) is 51.8 Å². The summed E-state index contributed by atoms with van der Waals surface area (Å²) in [5, 5.41) is 14.7. The van der Waals surface area contributed by atoms with E-state index in [2.05, 4.69) is 40.1 Å². The average Bonchev–Trinajstić information content (AvgIpc) is 2.77. The van der Waals surface area contributed by atoms with Crippen LogP contribution in [0, 0.1) is 6.92 Å². The van der Waals surface area contributed by atoms with Crippen molar-refractivity contribution in [2.45, 2.75) is 26.0 Å². The van der Waals surface area contributed by atoms with E-state index in [1.165, 1.54) is 5.56 Å². The van der Waals surface area contributed by atoms with E-state index in [-0.39, 0.29) is 0 Å². The van der Waals surface area contributed by atoms with Crippen molar-refractivity contribution in [2.75, 3.05) is 13.7 Å². The van der Waals surface area contributed by atoms with Gasteiger partial charge in [0.1, 0.15) is 6.10 Å². The number of aliphatic hydroxyl groups is 1. The summed E-state index contributed by atoms with van der Waals surface area (Å²) in [6.45, 7) is 3.25. The van der Waals surface area contributed by atoms with Gasteiger partial charge in [-0.25, -0.2) is 0 Å². The fourth-order valence-electron chi connectivity index (χ4n) is 2.22. The first-order valence-electron chi connectivity index (χ1n) is 6.55. The average molecular weight is 339 g/mol. The topological polar surface area (TPSA) is 47.3 Å². The van der Waals surface area contributed by atoms with Gasteiger partial charge in [-0.15, -0.1) is 0 Å². The zero-order valence-electron chi connectivity index (χ0n) is 11.7. The van der Waals surface area contributed by atoms with Gasteiger partial charge >= 0.3 is 0 Å². The Morgan fingerprint density at radius 2 is 2.25 bits per heavy atom. The van der Waals surface area contributed by atoms with Crippen LogP contribution in [0.3, 0.4) is 0 Å². The molecule has 0 radical (unpaired) electrons. The second-order valence-corrected chi connectivity index (χ2v) is 5.66. The van der Waals surface area contributed by atoms with Crippen LogP contribution in [0.25, 0.3) is 0 Å². The highest BCUT2D eigenvalue weighted by molar-refractivity contribution is 9.10. The normalized spacial score (nSPS) is 12.6. The highest BCUT2D eigenvalue weighted by atomic mass is 79.9. The summed E-state index contributed by atoms with van der Waals surface area (Å²) in [5.41, 5.74) is 3.11. The van der Waals surface area contributed by atoms with Gasteiger partial charge in [-0.3, -0.25) is 4.68 Å². The molecule has 1 heterocycles. The van der Waals surface area contributed by atoms with Crippen LogP contribution >= 0.6 is 15.9 Å². The smallest absolute Gasteiger partial charge is 0.101 e. The predicted molar refractivity (Wildman–Crippen MR) is 81.6 cm³/mol. The number of hydrogen-bond donors (Lipinski definition) is 1. The maximum atomic E-state index is 10.5. The van der Waals surface area contributed by atoms with Gasteiger partial charge in [0.2, 0.25) is 0 Å². The highest BCUT2D eigenvalue weighted by Crippen LogP contribution is 2.26. The van der Waals surface area contributed by atoms with E-state index in [1.807, 2.05) is 12.1 Å². The Morgan fingerprint density at radius 3 is 2.95 bits per heavy atom. The van der Waals surface area contributed by atoms with E-state index in [1.54, 1.807) is 18.0 Å². The Hall–Kier alpha value is -1.17. The van der Waals surface area contributed by atoms with Crippen molar-refractivity contribution >= 4 is 15.9 Å². The van der Waals surface area contributed by atoms with Crippen LogP contribution < -0.4 is 0 Å². The number of ether oxygens (including phenoxy) is 1. The van der Waals surface area contributed by atoms with Gasteiger partial charge in [0.25, 0.3) is 0 Å². The number of hydrogen-bond acceptors (Lipinski definition) is 3. The Morgan fingerprint density at radius 1 is 1.45 bits per heavy atom. The van der Waals surface area contributed by atoms with E-state index in [4.69, 9.17) is 4.74 Å². The van der Waals surface area contributed by atoms with Crippen molar-refractivity contribution in [1.82, 2.24) is 9.78 Å². The van der Waals surface area contributed by atoms with Gasteiger partial charge in [-0.2, -0.15) is 5.10 Å². The molecule has 20 heavy (non-hydrogen) atoms. The van der Waals surface area contributed by atoms with Gasteiger partial charge in [-0.05, 0) is 28.4 Å². The molecule has 1 N–H and O–H groups in total. The third kappa shape index (κ3) is 3.69. The molecule has 1 aromatic heterocycles. The first-order valence-corrected chi connectivity index (χ1v) is 7.35. The van der Waals surface area contributed by atoms with Crippen molar-refractivity contribution in [1.29, 1.82) is 0 Å². The molecule has 1 atom stereocenters. The van der Waals surface area contributed by atoms with Crippen LogP contribution in [0.5, 0.6) is 0 Å². The second-order valence-electron chi connectivity index (χ2n) is 4.80. The molecule has 108 valence electrons. The Bertz CT molecular complexity index is 569. The van der Waals surface area contributed by atoms with E-state index in [0.29, 0.717) is 19.6 Å². The predicted octanol–water partition coefficient (Wildman–Crippen LogP) is 2.88. The fourth-order valence-corrected chi connectivity index (χ4v) is 2.78.